The quantitative estimate of drug-likeness (QED) is 0.517. The molecule has 0 unspecified atom stereocenters. The van der Waals surface area contributed by atoms with Crippen LogP contribution in [0.4, 0.5) is 0 Å². The van der Waals surface area contributed by atoms with Gasteiger partial charge in [-0.3, -0.25) is 4.79 Å². The Morgan fingerprint density at radius 3 is 2.36 bits per heavy atom. The number of halogens is 1. The summed E-state index contributed by atoms with van der Waals surface area (Å²) in [5.41, 5.74) is 2.16. The molecule has 0 amide bonds. The molecule has 0 aliphatic rings. The zero-order valence-electron chi connectivity index (χ0n) is 14.7. The van der Waals surface area contributed by atoms with Crippen molar-refractivity contribution in [3.63, 3.8) is 0 Å². The van der Waals surface area contributed by atoms with E-state index >= 15 is 0 Å². The van der Waals surface area contributed by atoms with Crippen molar-refractivity contribution < 1.29 is 19.4 Å². The first kappa shape index (κ1) is 19.2. The number of hydrogen-bond acceptors (Lipinski definition) is 3. The van der Waals surface area contributed by atoms with Gasteiger partial charge in [-0.15, -0.1) is 0 Å². The molecule has 0 fully saturated rings. The van der Waals surface area contributed by atoms with Crippen LogP contribution < -0.4 is 4.74 Å². The summed E-state index contributed by atoms with van der Waals surface area (Å²) in [5, 5.41) is 9.17. The Bertz CT molecular complexity index is 1080. The van der Waals surface area contributed by atoms with Gasteiger partial charge in [-0.1, -0.05) is 53.8 Å². The molecule has 0 saturated carbocycles. The number of carbonyl (C=O) groups excluding carboxylic acids is 1. The van der Waals surface area contributed by atoms with Crippen LogP contribution in [-0.4, -0.2) is 23.5 Å². The fourth-order valence-corrected chi connectivity index (χ4v) is 2.68. The van der Waals surface area contributed by atoms with Crippen molar-refractivity contribution in [2.24, 2.45) is 0 Å². The Morgan fingerprint density at radius 1 is 0.893 bits per heavy atom. The second-order valence-electron chi connectivity index (χ2n) is 5.85. The molecule has 0 radical (unpaired) electrons. The van der Waals surface area contributed by atoms with E-state index in [-0.39, 0.29) is 17.1 Å². The van der Waals surface area contributed by atoms with Crippen molar-refractivity contribution in [3.8, 4) is 17.6 Å². The Labute approximate surface area is 167 Å². The van der Waals surface area contributed by atoms with Crippen LogP contribution in [0.15, 0.2) is 72.8 Å². The van der Waals surface area contributed by atoms with Gasteiger partial charge in [0.2, 0.25) is 0 Å². The van der Waals surface area contributed by atoms with Crippen molar-refractivity contribution >= 4 is 23.4 Å². The van der Waals surface area contributed by atoms with E-state index in [4.69, 9.17) is 21.4 Å². The van der Waals surface area contributed by atoms with Crippen LogP contribution >= 0.6 is 11.6 Å². The largest absolute Gasteiger partial charge is 0.481 e. The molecule has 0 heterocycles. The third-order valence-corrected chi connectivity index (χ3v) is 4.02. The molecular weight excluding hydrogens is 376 g/mol. The summed E-state index contributed by atoms with van der Waals surface area (Å²) in [4.78, 5) is 23.7. The lowest BCUT2D eigenvalue weighted by atomic mass is 10.0. The van der Waals surface area contributed by atoms with Gasteiger partial charge in [0, 0.05) is 21.7 Å². The molecule has 3 rings (SSSR count). The summed E-state index contributed by atoms with van der Waals surface area (Å²) in [6.45, 7) is -0.551. The van der Waals surface area contributed by atoms with Crippen molar-refractivity contribution in [1.29, 1.82) is 0 Å². The minimum atomic E-state index is -1.13. The van der Waals surface area contributed by atoms with Crippen LogP contribution in [0.1, 0.15) is 27.0 Å². The van der Waals surface area contributed by atoms with E-state index in [0.717, 1.165) is 5.56 Å². The van der Waals surface area contributed by atoms with Crippen LogP contribution in [0.2, 0.25) is 5.02 Å². The SMILES string of the molecule is O=C(O)COc1ccc(Cl)cc1C(=O)c1cccc(C#Cc2ccccc2)c1. The van der Waals surface area contributed by atoms with Gasteiger partial charge in [-0.05, 0) is 42.5 Å². The zero-order valence-corrected chi connectivity index (χ0v) is 15.4. The van der Waals surface area contributed by atoms with Crippen molar-refractivity contribution in [2.75, 3.05) is 6.61 Å². The van der Waals surface area contributed by atoms with E-state index in [1.54, 1.807) is 18.2 Å². The molecule has 0 aromatic heterocycles. The summed E-state index contributed by atoms with van der Waals surface area (Å²) in [5.74, 6) is 4.79. The molecule has 0 aliphatic carbocycles. The summed E-state index contributed by atoms with van der Waals surface area (Å²) < 4.78 is 5.22. The summed E-state index contributed by atoms with van der Waals surface area (Å²) in [7, 11) is 0. The fraction of sp³-hybridized carbons (Fsp3) is 0.0435. The molecule has 3 aromatic carbocycles. The number of rotatable bonds is 5. The number of benzene rings is 3. The van der Waals surface area contributed by atoms with Gasteiger partial charge in [-0.25, -0.2) is 4.79 Å². The highest BCUT2D eigenvalue weighted by atomic mass is 35.5. The Hall–Kier alpha value is -3.55. The molecule has 0 atom stereocenters. The average molecular weight is 391 g/mol. The topological polar surface area (TPSA) is 63.6 Å². The number of ether oxygens (including phenoxy) is 1. The van der Waals surface area contributed by atoms with Crippen molar-refractivity contribution in [2.45, 2.75) is 0 Å². The lowest BCUT2D eigenvalue weighted by molar-refractivity contribution is -0.139. The first-order valence-electron chi connectivity index (χ1n) is 8.39. The maximum Gasteiger partial charge on any atom is 0.341 e. The van der Waals surface area contributed by atoms with E-state index < -0.39 is 12.6 Å². The molecular formula is C23H15ClO4. The van der Waals surface area contributed by atoms with E-state index in [9.17, 15) is 9.59 Å². The van der Waals surface area contributed by atoms with Gasteiger partial charge in [0.15, 0.2) is 12.4 Å². The molecule has 138 valence electrons. The fourth-order valence-electron chi connectivity index (χ4n) is 2.50. The number of ketones is 1. The minimum absolute atomic E-state index is 0.164. The molecule has 0 bridgehead atoms. The third kappa shape index (κ3) is 5.00. The average Bonchev–Trinajstić information content (AvgIpc) is 2.71. The van der Waals surface area contributed by atoms with Crippen molar-refractivity contribution in [1.82, 2.24) is 0 Å². The number of carboxylic acids is 1. The molecule has 4 nitrogen and oxygen atoms in total. The standard InChI is InChI=1S/C23H15ClO4/c24-19-11-12-21(28-15-22(25)26)20(14-19)23(27)18-8-4-7-17(13-18)10-9-16-5-2-1-3-6-16/h1-8,11-14H,15H2,(H,25,26). The van der Waals surface area contributed by atoms with Crippen molar-refractivity contribution in [3.05, 3.63) is 100 Å². The predicted molar refractivity (Wildman–Crippen MR) is 107 cm³/mol. The van der Waals surface area contributed by atoms with E-state index in [2.05, 4.69) is 11.8 Å². The molecule has 5 heteroatoms. The highest BCUT2D eigenvalue weighted by Gasteiger charge is 2.16. The summed E-state index contributed by atoms with van der Waals surface area (Å²) in [6, 6.07) is 20.9. The van der Waals surface area contributed by atoms with Crippen LogP contribution in [0.3, 0.4) is 0 Å². The monoisotopic (exact) mass is 390 g/mol. The highest BCUT2D eigenvalue weighted by molar-refractivity contribution is 6.31. The lowest BCUT2D eigenvalue weighted by Gasteiger charge is -2.10. The first-order valence-corrected chi connectivity index (χ1v) is 8.77. The summed E-state index contributed by atoms with van der Waals surface area (Å²) in [6.07, 6.45) is 0. The molecule has 3 aromatic rings. The first-order chi connectivity index (χ1) is 13.5. The van der Waals surface area contributed by atoms with Gasteiger partial charge < -0.3 is 9.84 Å². The van der Waals surface area contributed by atoms with Gasteiger partial charge >= 0.3 is 5.97 Å². The van der Waals surface area contributed by atoms with Crippen LogP contribution in [0.5, 0.6) is 5.75 Å². The number of carbonyl (C=O) groups is 2. The molecule has 28 heavy (non-hydrogen) atoms. The Kier molecular flexibility index (Phi) is 6.11. The maximum absolute atomic E-state index is 13.0. The molecule has 0 aliphatic heterocycles. The third-order valence-electron chi connectivity index (χ3n) is 3.79. The Balaban J connectivity index is 1.90. The van der Waals surface area contributed by atoms with E-state index in [1.165, 1.54) is 18.2 Å². The maximum atomic E-state index is 13.0. The Morgan fingerprint density at radius 2 is 1.61 bits per heavy atom. The number of aliphatic carboxylic acids is 1. The predicted octanol–water partition coefficient (Wildman–Crippen LogP) is 4.43. The molecule has 0 spiro atoms. The smallest absolute Gasteiger partial charge is 0.341 e. The van der Waals surface area contributed by atoms with Gasteiger partial charge in [0.25, 0.3) is 0 Å². The zero-order chi connectivity index (χ0) is 19.9. The van der Waals surface area contributed by atoms with Gasteiger partial charge in [0.1, 0.15) is 5.75 Å². The molecule has 0 saturated heterocycles. The normalized spacial score (nSPS) is 9.89. The second kappa shape index (κ2) is 8.90. The number of hydrogen-bond donors (Lipinski definition) is 1. The van der Waals surface area contributed by atoms with Gasteiger partial charge in [-0.2, -0.15) is 0 Å². The van der Waals surface area contributed by atoms with Crippen LogP contribution in [-0.2, 0) is 4.79 Å². The van der Waals surface area contributed by atoms with Crippen LogP contribution in [0.25, 0.3) is 0 Å². The second-order valence-corrected chi connectivity index (χ2v) is 6.29. The molecule has 1 N–H and O–H groups in total. The lowest BCUT2D eigenvalue weighted by Crippen LogP contribution is -2.12. The highest BCUT2D eigenvalue weighted by Crippen LogP contribution is 2.26. The summed E-state index contributed by atoms with van der Waals surface area (Å²) >= 11 is 6.01. The van der Waals surface area contributed by atoms with E-state index in [0.29, 0.717) is 16.1 Å². The minimum Gasteiger partial charge on any atom is -0.481 e. The number of carboxylic acid groups (broad SMARTS) is 1. The van der Waals surface area contributed by atoms with Gasteiger partial charge in [0.05, 0.1) is 5.56 Å². The van der Waals surface area contributed by atoms with Crippen LogP contribution in [0, 0.1) is 11.8 Å². The van der Waals surface area contributed by atoms with E-state index in [1.807, 2.05) is 36.4 Å².